The molecular weight excluding hydrogens is 1420 g/mol. The Labute approximate surface area is 686 Å². The number of hydrogen-bond acceptors (Lipinski definition) is 4. The molecule has 1 aliphatic carbocycles. The van der Waals surface area contributed by atoms with Crippen LogP contribution in [0.3, 0.4) is 0 Å². The van der Waals surface area contributed by atoms with Crippen LogP contribution in [0.2, 0.25) is 0 Å². The smallest absolute Gasteiger partial charge is 0.335 e. The van der Waals surface area contributed by atoms with Gasteiger partial charge in [0, 0.05) is 94.9 Å². The van der Waals surface area contributed by atoms with Crippen molar-refractivity contribution >= 4 is 97.8 Å². The number of carbonyl (C=O) groups is 1. The maximum absolute atomic E-state index is 12.2. The van der Waals surface area contributed by atoms with Crippen molar-refractivity contribution in [2.45, 2.75) is 202 Å². The summed E-state index contributed by atoms with van der Waals surface area (Å²) in [5, 5.41) is 14.5. The van der Waals surface area contributed by atoms with E-state index in [1.807, 2.05) is 12.1 Å². The number of nitrogens with one attached hydrogen (secondary N) is 5. The lowest BCUT2D eigenvalue weighted by molar-refractivity contribution is 0.0696. The highest BCUT2D eigenvalue weighted by Crippen LogP contribution is 2.42. The first-order chi connectivity index (χ1) is 57.0. The SMILES string of the molecule is CCCCCC1=C2C=CC(=C(c3ccc(/C=C/c4ccc(N(c5ccc(/C=C/c6ccc(C7=c8ccc([nH]8)=C(CCCCC)c8ccc([nH]8)C(CCCCC)=c8ccc([nH]8)=C(CCCCC)c8ccc7[nH]8)cc6)cc5)c5ccc(C(=O)O)cc5)cc4)cc3)C3=NC(=C(CCCCC)c4ccc([nH]4)C(CCCCC)=C4C=CC1=N4)C=C3)C2. The highest BCUT2D eigenvalue weighted by molar-refractivity contribution is 6.32. The van der Waals surface area contributed by atoms with Crippen LogP contribution < -0.4 is 26.3 Å². The molecule has 6 N–H and O–H groups in total. The van der Waals surface area contributed by atoms with E-state index in [-0.39, 0.29) is 5.56 Å². The van der Waals surface area contributed by atoms with Crippen LogP contribution in [-0.4, -0.2) is 47.4 Å². The van der Waals surface area contributed by atoms with Crippen LogP contribution in [-0.2, 0) is 0 Å². The molecule has 10 nitrogen and oxygen atoms in total. The maximum atomic E-state index is 12.2. The minimum Gasteiger partial charge on any atom is -0.478 e. The van der Waals surface area contributed by atoms with Gasteiger partial charge in [0.25, 0.3) is 0 Å². The zero-order valence-electron chi connectivity index (χ0n) is 69.0. The number of allylic oxidation sites excluding steroid dienone is 12. The van der Waals surface area contributed by atoms with Gasteiger partial charge >= 0.3 is 5.97 Å². The van der Waals surface area contributed by atoms with Gasteiger partial charge in [-0.05, 0) is 284 Å². The van der Waals surface area contributed by atoms with Gasteiger partial charge in [-0.25, -0.2) is 14.8 Å². The van der Waals surface area contributed by atoms with Crippen LogP contribution in [0.25, 0.3) is 63.3 Å². The second kappa shape index (κ2) is 38.1. The number of H-pyrrole nitrogens is 5. The summed E-state index contributed by atoms with van der Waals surface area (Å²) in [4.78, 5) is 45.3. The minimum atomic E-state index is -0.958. The first kappa shape index (κ1) is 79.5. The number of carboxylic acids is 1. The lowest BCUT2D eigenvalue weighted by Crippen LogP contribution is -2.18. The number of nitrogens with zero attached hydrogens (tertiary/aromatic N) is 3. The van der Waals surface area contributed by atoms with Crippen LogP contribution in [0.4, 0.5) is 17.1 Å². The van der Waals surface area contributed by atoms with Crippen LogP contribution in [0, 0.1) is 0 Å². The lowest BCUT2D eigenvalue weighted by Gasteiger charge is -2.26. The number of benzene rings is 5. The molecule has 0 atom stereocenters. The van der Waals surface area contributed by atoms with Gasteiger partial charge in [0.15, 0.2) is 0 Å². The Morgan fingerprint density at radius 1 is 0.319 bits per heavy atom. The largest absolute Gasteiger partial charge is 0.478 e. The van der Waals surface area contributed by atoms with Crippen LogP contribution in [0.1, 0.15) is 280 Å². The molecule has 15 rings (SSSR count). The number of aromatic amines is 5. The van der Waals surface area contributed by atoms with Crippen molar-refractivity contribution in [3.63, 3.8) is 0 Å². The van der Waals surface area contributed by atoms with Crippen LogP contribution >= 0.6 is 0 Å². The van der Waals surface area contributed by atoms with Crippen molar-refractivity contribution < 1.29 is 9.90 Å². The Kier molecular flexibility index (Phi) is 26.1. The molecular formula is C106H114N8O2. The van der Waals surface area contributed by atoms with Gasteiger partial charge in [0.2, 0.25) is 0 Å². The molecule has 116 heavy (non-hydrogen) atoms. The van der Waals surface area contributed by atoms with Gasteiger partial charge in [-0.2, -0.15) is 0 Å². The van der Waals surface area contributed by atoms with Gasteiger partial charge in [-0.3, -0.25) is 0 Å². The molecule has 0 unspecified atom stereocenters. The van der Waals surface area contributed by atoms with E-state index < -0.39 is 5.97 Å². The summed E-state index contributed by atoms with van der Waals surface area (Å²) >= 11 is 0. The number of carboxylic acid groups (broad SMARTS) is 1. The topological polar surface area (TPSA) is 144 Å². The fraction of sp³-hybridized carbons (Fsp3) is 0.292. The lowest BCUT2D eigenvalue weighted by atomic mass is 9.91. The third kappa shape index (κ3) is 18.5. The van der Waals surface area contributed by atoms with E-state index in [9.17, 15) is 9.90 Å². The summed E-state index contributed by atoms with van der Waals surface area (Å²) in [7, 11) is 0. The van der Waals surface area contributed by atoms with E-state index in [4.69, 9.17) is 9.98 Å². The second-order valence-corrected chi connectivity index (χ2v) is 32.1. The molecule has 590 valence electrons. The fourth-order valence-corrected chi connectivity index (χ4v) is 17.3. The van der Waals surface area contributed by atoms with E-state index >= 15 is 0 Å². The molecule has 0 fully saturated rings. The molecule has 5 aromatic carbocycles. The standard InChI is InChI=1S/C106H114N8O2/c1-7-13-19-25-84-79-47-48-80(71-79)104(101-68-65-98(111-101)87(28-22-16-10-4)95-62-59-92(108-95)85(26-20-14-8-2)91-58-57-90(84)107-91)76-43-35-72(36-44-76)31-33-74-39-51-81(52-40-74)114(83-55-49-78(50-56-83)106(115)116)82-53-41-75(42-54-82)34-32-73-37-45-77(46-38-73)105-102-69-66-99(112-102)88(29-23-17-11-5)96-63-60-93(109-96)86(27-21-15-9-3)94-61-64-97(110-94)89(30-24-18-12-6)100-67-70-103(105)113-100/h31-70,108-110,112-113H,7-30,71H2,1-6H3,(H,115,116)/b33-31+,34-32+,84-79?,90-84?,91-85?,92-85?,93-86?,94-86?,95-87?,96-88?,97-89?,98-87?,99-88?,100-89?,104-80?,104-101?,105-102?,105-103?. The summed E-state index contributed by atoms with van der Waals surface area (Å²) in [6, 6.07) is 65.2. The molecule has 16 bridgehead atoms. The highest BCUT2D eigenvalue weighted by Gasteiger charge is 2.27. The molecule has 4 aliphatic heterocycles. The van der Waals surface area contributed by atoms with Crippen molar-refractivity contribution in [2.75, 3.05) is 4.90 Å². The average Bonchev–Trinajstić information content (AvgIpc) is 1.63. The number of aromatic nitrogens is 5. The first-order valence-corrected chi connectivity index (χ1v) is 43.5. The Hall–Kier alpha value is -11.8. The van der Waals surface area contributed by atoms with Gasteiger partial charge in [-0.15, -0.1) is 0 Å². The summed E-state index contributed by atoms with van der Waals surface area (Å²) in [6.07, 6.45) is 50.0. The third-order valence-electron chi connectivity index (χ3n) is 23.8. The van der Waals surface area contributed by atoms with Crippen molar-refractivity contribution in [1.82, 2.24) is 24.9 Å². The first-order valence-electron chi connectivity index (χ1n) is 43.5. The Morgan fingerprint density at radius 2 is 0.647 bits per heavy atom. The minimum absolute atomic E-state index is 0.238. The average molecular weight is 1530 g/mol. The normalized spacial score (nSPS) is 14.7. The van der Waals surface area contributed by atoms with E-state index in [0.717, 1.165) is 215 Å². The summed E-state index contributed by atoms with van der Waals surface area (Å²) < 4.78 is 0. The molecule has 0 amide bonds. The molecule has 0 saturated carbocycles. The Bertz CT molecular complexity index is 5810. The van der Waals surface area contributed by atoms with Crippen molar-refractivity contribution in [3.8, 4) is 0 Å². The molecule has 5 aromatic heterocycles. The second-order valence-electron chi connectivity index (χ2n) is 32.1. The molecule has 0 radical (unpaired) electrons. The predicted molar refractivity (Wildman–Crippen MR) is 490 cm³/mol. The zero-order chi connectivity index (χ0) is 79.7. The summed E-state index contributed by atoms with van der Waals surface area (Å²) in [5.74, 6) is -0.958. The molecule has 0 saturated heterocycles. The molecule has 5 aliphatic rings. The zero-order valence-corrected chi connectivity index (χ0v) is 69.0. The number of aliphatic imine (C=N–C) groups is 2. The molecule has 0 spiro atoms. The van der Waals surface area contributed by atoms with E-state index in [1.54, 1.807) is 12.1 Å². The quantitative estimate of drug-likeness (QED) is 0.0176. The van der Waals surface area contributed by atoms with Gasteiger partial charge in [-0.1, -0.05) is 228 Å². The number of hydrogen-bond donors (Lipinski definition) is 6. The van der Waals surface area contributed by atoms with Crippen LogP contribution in [0.5, 0.6) is 0 Å². The highest BCUT2D eigenvalue weighted by atomic mass is 16.4. The van der Waals surface area contributed by atoms with E-state index in [2.05, 4.69) is 290 Å². The molecule has 9 heterocycles. The summed E-state index contributed by atoms with van der Waals surface area (Å²) in [5.41, 5.74) is 33.5. The molecule has 10 heteroatoms. The van der Waals surface area contributed by atoms with Gasteiger partial charge in [0.1, 0.15) is 0 Å². The van der Waals surface area contributed by atoms with Crippen molar-refractivity contribution in [1.29, 1.82) is 0 Å². The summed E-state index contributed by atoms with van der Waals surface area (Å²) in [6.45, 7) is 13.7. The van der Waals surface area contributed by atoms with Crippen molar-refractivity contribution in [2.24, 2.45) is 9.98 Å². The van der Waals surface area contributed by atoms with Gasteiger partial charge < -0.3 is 34.9 Å². The van der Waals surface area contributed by atoms with E-state index in [0.29, 0.717) is 0 Å². The van der Waals surface area contributed by atoms with Gasteiger partial charge in [0.05, 0.1) is 28.4 Å². The maximum Gasteiger partial charge on any atom is 0.335 e. The number of anilines is 3. The number of aromatic carboxylic acids is 1. The Morgan fingerprint density at radius 3 is 1.07 bits per heavy atom. The predicted octanol–water partition coefficient (Wildman–Crippen LogP) is 25.6. The van der Waals surface area contributed by atoms with Crippen LogP contribution in [0.15, 0.2) is 257 Å². The number of rotatable bonds is 34. The fourth-order valence-electron chi connectivity index (χ4n) is 17.3. The number of unbranched alkanes of at least 4 members (excludes halogenated alkanes) is 12. The number of fused-ring (bicyclic) bond motifs is 14. The van der Waals surface area contributed by atoms with E-state index in [1.165, 1.54) is 130 Å². The monoisotopic (exact) mass is 1530 g/mol. The third-order valence-corrected chi connectivity index (χ3v) is 23.8. The van der Waals surface area contributed by atoms with Crippen molar-refractivity contribution in [3.05, 3.63) is 341 Å². The molecule has 10 aromatic rings. The Balaban J connectivity index is 0.696.